The third-order valence-electron chi connectivity index (χ3n) is 5.20. The zero-order valence-corrected chi connectivity index (χ0v) is 16.3. The van der Waals surface area contributed by atoms with Gasteiger partial charge < -0.3 is 24.6 Å². The molecule has 0 aliphatic carbocycles. The number of piperazine rings is 1. The molecular weight excluding hydrogens is 358 g/mol. The average Bonchev–Trinajstić information content (AvgIpc) is 3.20. The van der Waals surface area contributed by atoms with Crippen molar-refractivity contribution in [3.8, 4) is 11.5 Å². The molecule has 2 aliphatic heterocycles. The molecule has 148 valence electrons. The first-order chi connectivity index (χ1) is 13.6. The molecule has 1 fully saturated rings. The first-order valence-electron chi connectivity index (χ1n) is 9.61. The summed E-state index contributed by atoms with van der Waals surface area (Å²) >= 11 is 0. The van der Waals surface area contributed by atoms with Crippen LogP contribution in [0.25, 0.3) is 0 Å². The molecule has 2 aliphatic rings. The van der Waals surface area contributed by atoms with Crippen LogP contribution in [0, 0.1) is 6.92 Å². The second-order valence-electron chi connectivity index (χ2n) is 6.96. The van der Waals surface area contributed by atoms with Crippen LogP contribution in [0.15, 0.2) is 24.4 Å². The van der Waals surface area contributed by atoms with Crippen molar-refractivity contribution in [3.63, 3.8) is 0 Å². The summed E-state index contributed by atoms with van der Waals surface area (Å²) in [5.41, 5.74) is 2.13. The van der Waals surface area contributed by atoms with E-state index in [9.17, 15) is 4.79 Å². The molecule has 0 spiro atoms. The topological polar surface area (TPSA) is 79.8 Å². The maximum Gasteiger partial charge on any atom is 0.254 e. The minimum absolute atomic E-state index is 0.183. The Labute approximate surface area is 164 Å². The van der Waals surface area contributed by atoms with Gasteiger partial charge in [0.2, 0.25) is 12.7 Å². The van der Waals surface area contributed by atoms with Crippen LogP contribution in [0.3, 0.4) is 0 Å². The molecule has 0 bridgehead atoms. The van der Waals surface area contributed by atoms with Crippen LogP contribution in [-0.2, 0) is 6.54 Å². The van der Waals surface area contributed by atoms with E-state index in [2.05, 4.69) is 32.0 Å². The predicted octanol–water partition coefficient (Wildman–Crippen LogP) is 1.59. The van der Waals surface area contributed by atoms with Gasteiger partial charge in [0, 0.05) is 38.9 Å². The van der Waals surface area contributed by atoms with Gasteiger partial charge in [-0.1, -0.05) is 13.0 Å². The first kappa shape index (κ1) is 18.5. The second kappa shape index (κ2) is 8.02. The number of hydrogen-bond acceptors (Lipinski definition) is 7. The van der Waals surface area contributed by atoms with Crippen LogP contribution in [0.4, 0.5) is 5.95 Å². The van der Waals surface area contributed by atoms with Crippen molar-refractivity contribution in [2.45, 2.75) is 20.4 Å². The fourth-order valence-corrected chi connectivity index (χ4v) is 3.42. The van der Waals surface area contributed by atoms with Gasteiger partial charge in [-0.2, -0.15) is 0 Å². The third-order valence-corrected chi connectivity index (χ3v) is 5.20. The maximum absolute atomic E-state index is 12.6. The number of rotatable bonds is 5. The van der Waals surface area contributed by atoms with Crippen LogP contribution in [0.1, 0.15) is 28.5 Å². The summed E-state index contributed by atoms with van der Waals surface area (Å²) in [6.07, 6.45) is 1.62. The molecule has 1 amide bonds. The average molecular weight is 383 g/mol. The van der Waals surface area contributed by atoms with Crippen LogP contribution >= 0.6 is 0 Å². The van der Waals surface area contributed by atoms with Crippen molar-refractivity contribution in [2.24, 2.45) is 0 Å². The van der Waals surface area contributed by atoms with Crippen LogP contribution in [0.2, 0.25) is 0 Å². The molecule has 4 rings (SSSR count). The Balaban J connectivity index is 1.38. The molecule has 0 atom stereocenters. The molecule has 8 nitrogen and oxygen atoms in total. The van der Waals surface area contributed by atoms with Gasteiger partial charge in [0.25, 0.3) is 5.91 Å². The summed E-state index contributed by atoms with van der Waals surface area (Å²) in [5.74, 6) is 1.95. The van der Waals surface area contributed by atoms with E-state index in [0.717, 1.165) is 44.0 Å². The summed E-state index contributed by atoms with van der Waals surface area (Å²) in [7, 11) is 0. The summed E-state index contributed by atoms with van der Waals surface area (Å²) < 4.78 is 10.7. The molecule has 28 heavy (non-hydrogen) atoms. The Morgan fingerprint density at radius 2 is 1.96 bits per heavy atom. The van der Waals surface area contributed by atoms with E-state index in [1.165, 1.54) is 0 Å². The molecule has 1 N–H and O–H groups in total. The molecule has 0 unspecified atom stereocenters. The van der Waals surface area contributed by atoms with E-state index < -0.39 is 0 Å². The highest BCUT2D eigenvalue weighted by Gasteiger charge is 2.20. The Morgan fingerprint density at radius 1 is 1.18 bits per heavy atom. The van der Waals surface area contributed by atoms with Crippen molar-refractivity contribution in [1.82, 2.24) is 20.2 Å². The number of amides is 1. The normalized spacial score (nSPS) is 16.3. The molecule has 0 radical (unpaired) electrons. The zero-order valence-electron chi connectivity index (χ0n) is 16.3. The summed E-state index contributed by atoms with van der Waals surface area (Å²) in [6, 6.07) is 5.65. The number of ether oxygens (including phenoxy) is 2. The number of aromatic nitrogens is 2. The lowest BCUT2D eigenvalue weighted by Crippen LogP contribution is -2.46. The second-order valence-corrected chi connectivity index (χ2v) is 6.96. The third kappa shape index (κ3) is 3.87. The highest BCUT2D eigenvalue weighted by atomic mass is 16.7. The standard InChI is InChI=1S/C20H25N5O3/c1-3-24-6-8-25(9-7-24)20-22-12-16(14(2)23-20)19(26)21-11-15-4-5-17-18(10-15)28-13-27-17/h4-5,10,12H,3,6-9,11,13H2,1-2H3,(H,21,26). The largest absolute Gasteiger partial charge is 0.454 e. The Bertz CT molecular complexity index is 865. The van der Waals surface area contributed by atoms with Gasteiger partial charge in [0.1, 0.15) is 0 Å². The SMILES string of the molecule is CCN1CCN(c2ncc(C(=O)NCc3ccc4c(c3)OCO4)c(C)n2)CC1. The van der Waals surface area contributed by atoms with Crippen molar-refractivity contribution in [3.05, 3.63) is 41.2 Å². The molecule has 0 saturated carbocycles. The lowest BCUT2D eigenvalue weighted by molar-refractivity contribution is 0.0949. The molecule has 1 aromatic carbocycles. The fraction of sp³-hybridized carbons (Fsp3) is 0.450. The molecule has 1 saturated heterocycles. The van der Waals surface area contributed by atoms with E-state index in [1.807, 2.05) is 25.1 Å². The number of carbonyl (C=O) groups excluding carboxylic acids is 1. The minimum atomic E-state index is -0.183. The van der Waals surface area contributed by atoms with E-state index >= 15 is 0 Å². The number of benzene rings is 1. The Morgan fingerprint density at radius 3 is 2.71 bits per heavy atom. The number of fused-ring (bicyclic) bond motifs is 1. The highest BCUT2D eigenvalue weighted by Crippen LogP contribution is 2.32. The van der Waals surface area contributed by atoms with Gasteiger partial charge in [-0.15, -0.1) is 0 Å². The number of carbonyl (C=O) groups is 1. The van der Waals surface area contributed by atoms with E-state index in [-0.39, 0.29) is 12.7 Å². The zero-order chi connectivity index (χ0) is 19.5. The van der Waals surface area contributed by atoms with Gasteiger partial charge in [0.05, 0.1) is 11.3 Å². The lowest BCUT2D eigenvalue weighted by Gasteiger charge is -2.34. The predicted molar refractivity (Wildman–Crippen MR) is 105 cm³/mol. The number of aryl methyl sites for hydroxylation is 1. The van der Waals surface area contributed by atoms with E-state index in [4.69, 9.17) is 9.47 Å². The van der Waals surface area contributed by atoms with Gasteiger partial charge in [-0.05, 0) is 31.2 Å². The first-order valence-corrected chi connectivity index (χ1v) is 9.61. The fourth-order valence-electron chi connectivity index (χ4n) is 3.42. The summed E-state index contributed by atoms with van der Waals surface area (Å²) in [4.78, 5) is 26.2. The quantitative estimate of drug-likeness (QED) is 0.840. The Kier molecular flexibility index (Phi) is 5.29. The number of nitrogens with one attached hydrogen (secondary N) is 1. The number of hydrogen-bond donors (Lipinski definition) is 1. The van der Waals surface area contributed by atoms with Gasteiger partial charge in [-0.25, -0.2) is 9.97 Å². The molecule has 2 aromatic rings. The van der Waals surface area contributed by atoms with Crippen molar-refractivity contribution in [1.29, 1.82) is 0 Å². The van der Waals surface area contributed by atoms with Crippen LogP contribution in [0.5, 0.6) is 11.5 Å². The summed E-state index contributed by atoms with van der Waals surface area (Å²) in [5, 5.41) is 2.92. The minimum Gasteiger partial charge on any atom is -0.454 e. The van der Waals surface area contributed by atoms with Gasteiger partial charge >= 0.3 is 0 Å². The Hall–Kier alpha value is -2.87. The van der Waals surface area contributed by atoms with Crippen LogP contribution in [-0.4, -0.2) is 60.3 Å². The van der Waals surface area contributed by atoms with Gasteiger partial charge in [-0.3, -0.25) is 4.79 Å². The number of anilines is 1. The smallest absolute Gasteiger partial charge is 0.254 e. The maximum atomic E-state index is 12.6. The van der Waals surface area contributed by atoms with Crippen molar-refractivity contribution in [2.75, 3.05) is 44.4 Å². The van der Waals surface area contributed by atoms with E-state index in [1.54, 1.807) is 6.20 Å². The highest BCUT2D eigenvalue weighted by molar-refractivity contribution is 5.94. The van der Waals surface area contributed by atoms with Crippen LogP contribution < -0.4 is 19.7 Å². The van der Waals surface area contributed by atoms with Crippen molar-refractivity contribution >= 4 is 11.9 Å². The monoisotopic (exact) mass is 383 g/mol. The number of nitrogens with zero attached hydrogens (tertiary/aromatic N) is 4. The molecule has 1 aromatic heterocycles. The number of likely N-dealkylation sites (N-methyl/N-ethyl adjacent to an activating group) is 1. The summed E-state index contributed by atoms with van der Waals surface area (Å²) in [6.45, 7) is 9.56. The van der Waals surface area contributed by atoms with Crippen molar-refractivity contribution < 1.29 is 14.3 Å². The molecular formula is C20H25N5O3. The van der Waals surface area contributed by atoms with Gasteiger partial charge in [0.15, 0.2) is 11.5 Å². The molecule has 3 heterocycles. The van der Waals surface area contributed by atoms with E-state index in [0.29, 0.717) is 29.5 Å². The lowest BCUT2D eigenvalue weighted by atomic mass is 10.2. The molecule has 8 heteroatoms.